The zero-order chi connectivity index (χ0) is 23.1. The molecule has 164 valence electrons. The lowest BCUT2D eigenvalue weighted by Gasteiger charge is -2.17. The van der Waals surface area contributed by atoms with E-state index in [1.54, 1.807) is 4.57 Å². The lowest BCUT2D eigenvalue weighted by atomic mass is 10.1. The van der Waals surface area contributed by atoms with Crippen LogP contribution in [0.25, 0.3) is 27.5 Å². The molecule has 0 saturated carbocycles. The van der Waals surface area contributed by atoms with Gasteiger partial charge in [-0.2, -0.15) is 5.10 Å². The van der Waals surface area contributed by atoms with Gasteiger partial charge in [-0.25, -0.2) is 9.97 Å². The number of pyridine rings is 1. The number of amides is 1. The summed E-state index contributed by atoms with van der Waals surface area (Å²) in [6.45, 7) is 3.98. The van der Waals surface area contributed by atoms with Crippen molar-refractivity contribution in [3.63, 3.8) is 0 Å². The van der Waals surface area contributed by atoms with E-state index in [2.05, 4.69) is 25.5 Å². The molecule has 9 heteroatoms. The molecule has 0 aliphatic heterocycles. The third kappa shape index (κ3) is 3.39. The number of nitrogen functional groups attached to an aromatic ring is 1. The smallest absolute Gasteiger partial charge is 0.270 e. The number of rotatable bonds is 4. The van der Waals surface area contributed by atoms with E-state index in [0.29, 0.717) is 22.1 Å². The molecule has 0 fully saturated rings. The molecule has 0 aliphatic rings. The van der Waals surface area contributed by atoms with Crippen LogP contribution in [-0.4, -0.2) is 30.6 Å². The first-order valence-corrected chi connectivity index (χ1v) is 10.4. The number of aryl methyl sites for hydroxylation is 2. The molecule has 2 aromatic carbocycles. The number of carbonyl (C=O) groups is 1. The van der Waals surface area contributed by atoms with Crippen molar-refractivity contribution in [1.29, 1.82) is 0 Å². The van der Waals surface area contributed by atoms with Crippen molar-refractivity contribution < 1.29 is 4.79 Å². The predicted octanol–water partition coefficient (Wildman–Crippen LogP) is 2.79. The van der Waals surface area contributed by atoms with E-state index < -0.39 is 5.91 Å². The molecule has 0 bridgehead atoms. The van der Waals surface area contributed by atoms with Crippen LogP contribution in [-0.2, 0) is 6.54 Å². The summed E-state index contributed by atoms with van der Waals surface area (Å²) in [5.41, 5.74) is 9.53. The van der Waals surface area contributed by atoms with Crippen LogP contribution in [0.1, 0.15) is 27.3 Å². The van der Waals surface area contributed by atoms with Crippen molar-refractivity contribution in [1.82, 2.24) is 30.0 Å². The molecule has 0 spiro atoms. The van der Waals surface area contributed by atoms with Crippen molar-refractivity contribution in [3.8, 4) is 5.69 Å². The van der Waals surface area contributed by atoms with Gasteiger partial charge in [0.05, 0.1) is 23.0 Å². The number of carbonyl (C=O) groups excluding carboxylic acids is 1. The second-order valence-electron chi connectivity index (χ2n) is 7.84. The maximum absolute atomic E-state index is 13.6. The molecule has 3 heterocycles. The summed E-state index contributed by atoms with van der Waals surface area (Å²) in [7, 11) is 0. The number of hydrogen-bond acceptors (Lipinski definition) is 6. The SMILES string of the molecule is Cc1ccccc1-n1c(CNC(=O)c2[nH]nc3ncnc(N)c23)cc2cccc(C)c2c1=O. The lowest BCUT2D eigenvalue weighted by molar-refractivity contribution is 0.0946. The molecular weight excluding hydrogens is 418 g/mol. The molecule has 0 saturated heterocycles. The predicted molar refractivity (Wildman–Crippen MR) is 126 cm³/mol. The maximum Gasteiger partial charge on any atom is 0.270 e. The molecule has 0 aliphatic carbocycles. The van der Waals surface area contributed by atoms with Gasteiger partial charge in [-0.3, -0.25) is 19.3 Å². The van der Waals surface area contributed by atoms with Crippen LogP contribution in [0, 0.1) is 13.8 Å². The largest absolute Gasteiger partial charge is 0.383 e. The third-order valence-corrected chi connectivity index (χ3v) is 5.72. The summed E-state index contributed by atoms with van der Waals surface area (Å²) in [5, 5.41) is 11.4. The second kappa shape index (κ2) is 7.86. The van der Waals surface area contributed by atoms with Crippen LogP contribution in [0.2, 0.25) is 0 Å². The molecule has 1 amide bonds. The highest BCUT2D eigenvalue weighted by Gasteiger charge is 2.19. The van der Waals surface area contributed by atoms with Gasteiger partial charge in [-0.05, 0) is 42.5 Å². The van der Waals surface area contributed by atoms with E-state index in [-0.39, 0.29) is 23.6 Å². The Bertz CT molecular complexity index is 1600. The zero-order valence-corrected chi connectivity index (χ0v) is 18.1. The van der Waals surface area contributed by atoms with Crippen LogP contribution in [0.3, 0.4) is 0 Å². The monoisotopic (exact) mass is 439 g/mol. The molecule has 0 radical (unpaired) electrons. The first kappa shape index (κ1) is 20.4. The molecule has 0 unspecified atom stereocenters. The van der Waals surface area contributed by atoms with Crippen LogP contribution >= 0.6 is 0 Å². The standard InChI is InChI=1S/C24H21N7O2/c1-13-6-3-4-9-17(13)31-16(10-15-8-5-7-14(2)18(15)24(31)33)11-26-23(32)20-19-21(25)27-12-28-22(19)30-29-20/h3-10,12H,11H2,1-2H3,(H,26,32)(H3,25,27,28,29,30). The number of benzene rings is 2. The lowest BCUT2D eigenvalue weighted by Crippen LogP contribution is -2.29. The minimum absolute atomic E-state index is 0.112. The number of H-pyrrole nitrogens is 1. The highest BCUT2D eigenvalue weighted by Crippen LogP contribution is 2.22. The van der Waals surface area contributed by atoms with Crippen molar-refractivity contribution in [2.45, 2.75) is 20.4 Å². The van der Waals surface area contributed by atoms with Gasteiger partial charge in [0, 0.05) is 5.69 Å². The number of nitrogens with one attached hydrogen (secondary N) is 2. The highest BCUT2D eigenvalue weighted by atomic mass is 16.2. The van der Waals surface area contributed by atoms with Crippen molar-refractivity contribution in [2.24, 2.45) is 0 Å². The Morgan fingerprint density at radius 2 is 1.85 bits per heavy atom. The van der Waals surface area contributed by atoms with E-state index in [1.165, 1.54) is 6.33 Å². The van der Waals surface area contributed by atoms with Gasteiger partial charge in [0.2, 0.25) is 0 Å². The van der Waals surface area contributed by atoms with Crippen LogP contribution in [0.15, 0.2) is 59.7 Å². The number of nitrogens with two attached hydrogens (primary N) is 1. The van der Waals surface area contributed by atoms with Crippen LogP contribution < -0.4 is 16.6 Å². The first-order valence-electron chi connectivity index (χ1n) is 10.4. The highest BCUT2D eigenvalue weighted by molar-refractivity contribution is 6.07. The number of aromatic nitrogens is 5. The summed E-state index contributed by atoms with van der Waals surface area (Å²) in [5.74, 6) is -0.260. The van der Waals surface area contributed by atoms with Crippen molar-refractivity contribution in [3.05, 3.63) is 87.7 Å². The van der Waals surface area contributed by atoms with Gasteiger partial charge in [0.15, 0.2) is 5.65 Å². The van der Waals surface area contributed by atoms with E-state index in [4.69, 9.17) is 5.73 Å². The summed E-state index contributed by atoms with van der Waals surface area (Å²) >= 11 is 0. The zero-order valence-electron chi connectivity index (χ0n) is 18.1. The Morgan fingerprint density at radius 3 is 2.67 bits per heavy atom. The van der Waals surface area contributed by atoms with Crippen molar-refractivity contribution in [2.75, 3.05) is 5.73 Å². The van der Waals surface area contributed by atoms with E-state index in [0.717, 1.165) is 22.2 Å². The summed E-state index contributed by atoms with van der Waals surface area (Å²) < 4.78 is 1.66. The average molecular weight is 439 g/mol. The minimum Gasteiger partial charge on any atom is -0.383 e. The number of nitrogens with zero attached hydrogens (tertiary/aromatic N) is 4. The van der Waals surface area contributed by atoms with Gasteiger partial charge >= 0.3 is 0 Å². The first-order chi connectivity index (χ1) is 16.0. The number of aromatic amines is 1. The number of para-hydroxylation sites is 1. The van der Waals surface area contributed by atoms with Gasteiger partial charge in [-0.1, -0.05) is 36.4 Å². The third-order valence-electron chi connectivity index (χ3n) is 5.72. The van der Waals surface area contributed by atoms with E-state index >= 15 is 0 Å². The number of fused-ring (bicyclic) bond motifs is 2. The molecule has 5 rings (SSSR count). The fourth-order valence-corrected chi connectivity index (χ4v) is 4.10. The van der Waals surface area contributed by atoms with E-state index in [9.17, 15) is 9.59 Å². The summed E-state index contributed by atoms with van der Waals surface area (Å²) in [6, 6.07) is 15.3. The quantitative estimate of drug-likeness (QED) is 0.395. The van der Waals surface area contributed by atoms with Gasteiger partial charge in [0.25, 0.3) is 11.5 Å². The normalized spacial score (nSPS) is 11.2. The Labute approximate surface area is 188 Å². The summed E-state index contributed by atoms with van der Waals surface area (Å²) in [6.07, 6.45) is 1.29. The molecule has 4 N–H and O–H groups in total. The number of anilines is 1. The van der Waals surface area contributed by atoms with Gasteiger partial charge in [-0.15, -0.1) is 0 Å². The van der Waals surface area contributed by atoms with Crippen molar-refractivity contribution >= 4 is 33.5 Å². The second-order valence-corrected chi connectivity index (χ2v) is 7.84. The number of hydrogen-bond donors (Lipinski definition) is 3. The molecule has 5 aromatic rings. The van der Waals surface area contributed by atoms with Gasteiger partial charge in [0.1, 0.15) is 17.8 Å². The van der Waals surface area contributed by atoms with Gasteiger partial charge < -0.3 is 11.1 Å². The molecule has 33 heavy (non-hydrogen) atoms. The topological polar surface area (TPSA) is 132 Å². The van der Waals surface area contributed by atoms with E-state index in [1.807, 2.05) is 62.4 Å². The Hall–Kier alpha value is -4.53. The molecular formula is C24H21N7O2. The molecule has 0 atom stereocenters. The Kier molecular flexibility index (Phi) is 4.86. The average Bonchev–Trinajstić information content (AvgIpc) is 3.24. The fraction of sp³-hybridized carbons (Fsp3) is 0.125. The minimum atomic E-state index is -0.424. The Balaban J connectivity index is 1.60. The summed E-state index contributed by atoms with van der Waals surface area (Å²) in [4.78, 5) is 34.6. The molecule has 3 aromatic heterocycles. The Morgan fingerprint density at radius 1 is 1.06 bits per heavy atom. The maximum atomic E-state index is 13.6. The fourth-order valence-electron chi connectivity index (χ4n) is 4.10. The van der Waals surface area contributed by atoms with Crippen LogP contribution in [0.4, 0.5) is 5.82 Å². The van der Waals surface area contributed by atoms with Crippen LogP contribution in [0.5, 0.6) is 0 Å². The molecule has 9 nitrogen and oxygen atoms in total.